The van der Waals surface area contributed by atoms with Crippen LogP contribution in [0.1, 0.15) is 36.1 Å². The number of carbonyl (C=O) groups excluding carboxylic acids is 2. The number of ether oxygens (including phenoxy) is 3. The summed E-state index contributed by atoms with van der Waals surface area (Å²) in [6, 6.07) is 8.50. The van der Waals surface area contributed by atoms with Crippen molar-refractivity contribution in [3.05, 3.63) is 51.9 Å². The molecule has 3 aliphatic rings. The molecule has 9 nitrogen and oxygen atoms in total. The number of nitrogens with zero attached hydrogens (tertiary/aromatic N) is 3. The van der Waals surface area contributed by atoms with Crippen molar-refractivity contribution in [2.75, 3.05) is 41.5 Å². The first-order valence-electron chi connectivity index (χ1n) is 11.9. The Morgan fingerprint density at radius 2 is 1.71 bits per heavy atom. The third kappa shape index (κ3) is 3.73. The monoisotopic (exact) mass is 481 g/mol. The van der Waals surface area contributed by atoms with Crippen molar-refractivity contribution in [2.24, 2.45) is 11.8 Å². The van der Waals surface area contributed by atoms with Gasteiger partial charge in [-0.15, -0.1) is 0 Å². The number of piperidine rings is 1. The Morgan fingerprint density at radius 1 is 0.943 bits per heavy atom. The number of hydrogen-bond donors (Lipinski definition) is 0. The molecule has 186 valence electrons. The highest BCUT2D eigenvalue weighted by Crippen LogP contribution is 2.48. The van der Waals surface area contributed by atoms with Gasteiger partial charge in [0.2, 0.25) is 17.6 Å². The number of carbonyl (C=O) groups is 2. The van der Waals surface area contributed by atoms with E-state index in [0.717, 1.165) is 12.1 Å². The lowest BCUT2D eigenvalue weighted by Gasteiger charge is -2.44. The molecule has 5 rings (SSSR count). The van der Waals surface area contributed by atoms with Gasteiger partial charge >= 0.3 is 0 Å². The number of benzene rings is 1. The van der Waals surface area contributed by atoms with E-state index >= 15 is 0 Å². The first kappa shape index (κ1) is 23.3. The number of fused-ring (bicyclic) bond motifs is 4. The molecule has 2 fully saturated rings. The Morgan fingerprint density at radius 3 is 2.43 bits per heavy atom. The second kappa shape index (κ2) is 8.94. The normalized spacial score (nSPS) is 25.3. The molecule has 1 aromatic heterocycles. The highest BCUT2D eigenvalue weighted by Gasteiger charge is 2.47. The molecule has 1 aromatic carbocycles. The van der Waals surface area contributed by atoms with E-state index in [1.807, 2.05) is 21.6 Å². The number of hydrogen-bond acceptors (Lipinski definition) is 6. The molecule has 4 heterocycles. The maximum Gasteiger partial charge on any atom is 0.250 e. The van der Waals surface area contributed by atoms with Crippen molar-refractivity contribution in [3.8, 4) is 17.2 Å². The Balaban J connectivity index is 1.48. The Kier molecular flexibility index (Phi) is 5.94. The topological polar surface area (TPSA) is 90.3 Å². The zero-order valence-electron chi connectivity index (χ0n) is 20.5. The number of likely N-dealkylation sites (tertiary alicyclic amines) is 2. The minimum Gasteiger partial charge on any atom is -0.493 e. The molecule has 2 saturated heterocycles. The van der Waals surface area contributed by atoms with Crippen LogP contribution in [0, 0.1) is 11.8 Å². The second-order valence-electron chi connectivity index (χ2n) is 9.63. The van der Waals surface area contributed by atoms with Crippen LogP contribution in [0.15, 0.2) is 35.1 Å². The largest absolute Gasteiger partial charge is 0.493 e. The van der Waals surface area contributed by atoms with Crippen molar-refractivity contribution < 1.29 is 23.8 Å². The molecule has 3 aliphatic heterocycles. The Labute approximate surface area is 204 Å². The third-order valence-corrected chi connectivity index (χ3v) is 7.75. The minimum atomic E-state index is -0.545. The summed E-state index contributed by atoms with van der Waals surface area (Å²) in [5.41, 5.74) is 1.72. The third-order valence-electron chi connectivity index (χ3n) is 7.75. The first-order chi connectivity index (χ1) is 16.9. The molecular formula is C26H31N3O6. The maximum atomic E-state index is 13.9. The molecule has 0 aliphatic carbocycles. The van der Waals surface area contributed by atoms with Gasteiger partial charge in [0, 0.05) is 56.3 Å². The van der Waals surface area contributed by atoms with Gasteiger partial charge in [-0.2, -0.15) is 0 Å². The van der Waals surface area contributed by atoms with E-state index in [2.05, 4.69) is 0 Å². The van der Waals surface area contributed by atoms with Crippen molar-refractivity contribution in [2.45, 2.75) is 31.3 Å². The fourth-order valence-corrected chi connectivity index (χ4v) is 6.18. The molecule has 35 heavy (non-hydrogen) atoms. The molecule has 0 spiro atoms. The van der Waals surface area contributed by atoms with E-state index in [4.69, 9.17) is 14.2 Å². The molecule has 0 unspecified atom stereocenters. The van der Waals surface area contributed by atoms with E-state index < -0.39 is 12.0 Å². The van der Waals surface area contributed by atoms with Gasteiger partial charge in [-0.05, 0) is 30.5 Å². The highest BCUT2D eigenvalue weighted by molar-refractivity contribution is 5.90. The predicted octanol–water partition coefficient (Wildman–Crippen LogP) is 2.04. The molecule has 9 heteroatoms. The van der Waals surface area contributed by atoms with Crippen LogP contribution in [0.5, 0.6) is 17.2 Å². The summed E-state index contributed by atoms with van der Waals surface area (Å²) in [6.07, 6.45) is 1.10. The lowest BCUT2D eigenvalue weighted by Crippen LogP contribution is -2.51. The fraction of sp³-hybridized carbons (Fsp3) is 0.500. The van der Waals surface area contributed by atoms with E-state index in [9.17, 15) is 14.4 Å². The summed E-state index contributed by atoms with van der Waals surface area (Å²) in [4.78, 5) is 42.7. The lowest BCUT2D eigenvalue weighted by molar-refractivity contribution is -0.139. The van der Waals surface area contributed by atoms with Crippen molar-refractivity contribution in [3.63, 3.8) is 0 Å². The Bertz CT molecular complexity index is 1220. The number of amides is 2. The van der Waals surface area contributed by atoms with Crippen LogP contribution in [-0.4, -0.2) is 67.6 Å². The summed E-state index contributed by atoms with van der Waals surface area (Å²) in [6.45, 7) is 1.75. The molecule has 2 amide bonds. The van der Waals surface area contributed by atoms with E-state index in [1.165, 1.54) is 7.11 Å². The molecular weight excluding hydrogens is 450 g/mol. The van der Waals surface area contributed by atoms with Crippen molar-refractivity contribution in [1.29, 1.82) is 0 Å². The lowest BCUT2D eigenvalue weighted by atomic mass is 9.82. The van der Waals surface area contributed by atoms with Crippen molar-refractivity contribution in [1.82, 2.24) is 14.4 Å². The molecule has 2 aromatic rings. The van der Waals surface area contributed by atoms with Gasteiger partial charge in [-0.3, -0.25) is 14.4 Å². The van der Waals surface area contributed by atoms with Gasteiger partial charge in [0.15, 0.2) is 11.5 Å². The number of methoxy groups -OCH3 is 3. The van der Waals surface area contributed by atoms with Gasteiger partial charge in [0.1, 0.15) is 0 Å². The average Bonchev–Trinajstić information content (AvgIpc) is 3.16. The van der Waals surface area contributed by atoms with Crippen LogP contribution in [0.25, 0.3) is 0 Å². The Hall–Kier alpha value is -3.49. The van der Waals surface area contributed by atoms with Crippen molar-refractivity contribution >= 4 is 11.8 Å². The van der Waals surface area contributed by atoms with E-state index in [-0.39, 0.29) is 35.6 Å². The van der Waals surface area contributed by atoms with E-state index in [0.29, 0.717) is 42.4 Å². The smallest absolute Gasteiger partial charge is 0.250 e. The number of aromatic nitrogens is 1. The summed E-state index contributed by atoms with van der Waals surface area (Å²) >= 11 is 0. The summed E-state index contributed by atoms with van der Waals surface area (Å²) in [7, 11) is 6.35. The van der Waals surface area contributed by atoms with Gasteiger partial charge < -0.3 is 28.6 Å². The SMILES string of the molecule is COc1ccc([C@@H]2[C@H](C(=O)N3C[C@@H]4C[C@H](C3)c3cccc(=O)n3C4)CC(=O)N2C)c(OC)c1OC. The van der Waals surface area contributed by atoms with Crippen LogP contribution < -0.4 is 19.8 Å². The standard InChI is InChI=1S/C26H31N3O6/c1-27-22(31)11-18(23(27)17-8-9-20(33-2)25(35-4)24(17)34-3)26(32)28-12-15-10-16(14-28)19-6-5-7-21(30)29(19)13-15/h5-9,15-16,18,23H,10-14H2,1-4H3/t15-,16+,18+,23+/m0/s1. The van der Waals surface area contributed by atoms with Gasteiger partial charge in [0.05, 0.1) is 33.3 Å². The molecule has 0 saturated carbocycles. The molecule has 0 radical (unpaired) electrons. The highest BCUT2D eigenvalue weighted by atomic mass is 16.5. The predicted molar refractivity (Wildman–Crippen MR) is 128 cm³/mol. The zero-order valence-corrected chi connectivity index (χ0v) is 20.5. The van der Waals surface area contributed by atoms with Gasteiger partial charge in [0.25, 0.3) is 5.56 Å². The number of rotatable bonds is 5. The summed E-state index contributed by atoms with van der Waals surface area (Å²) in [5.74, 6) is 1.07. The minimum absolute atomic E-state index is 0.0144. The average molecular weight is 482 g/mol. The van der Waals surface area contributed by atoms with Crippen LogP contribution >= 0.6 is 0 Å². The first-order valence-corrected chi connectivity index (χ1v) is 11.9. The van der Waals surface area contributed by atoms with E-state index in [1.54, 1.807) is 44.4 Å². The van der Waals surface area contributed by atoms with Crippen LogP contribution in [0.3, 0.4) is 0 Å². The molecule has 4 atom stereocenters. The quantitative estimate of drug-likeness (QED) is 0.649. The van der Waals surface area contributed by atoms with Crippen LogP contribution in [0.4, 0.5) is 0 Å². The summed E-state index contributed by atoms with van der Waals surface area (Å²) in [5, 5.41) is 0. The van der Waals surface area contributed by atoms with Crippen LogP contribution in [0.2, 0.25) is 0 Å². The second-order valence-corrected chi connectivity index (χ2v) is 9.63. The molecule has 0 N–H and O–H groups in total. The van der Waals surface area contributed by atoms with Crippen LogP contribution in [-0.2, 0) is 16.1 Å². The van der Waals surface area contributed by atoms with Gasteiger partial charge in [-0.1, -0.05) is 6.07 Å². The summed E-state index contributed by atoms with van der Waals surface area (Å²) < 4.78 is 18.5. The molecule has 2 bridgehead atoms. The zero-order chi connectivity index (χ0) is 24.9. The fourth-order valence-electron chi connectivity index (χ4n) is 6.18. The number of pyridine rings is 1. The maximum absolute atomic E-state index is 13.9. The van der Waals surface area contributed by atoms with Gasteiger partial charge in [-0.25, -0.2) is 0 Å².